The van der Waals surface area contributed by atoms with E-state index in [0.29, 0.717) is 5.92 Å². The molecule has 0 spiro atoms. The molecule has 0 radical (unpaired) electrons. The summed E-state index contributed by atoms with van der Waals surface area (Å²) in [5.41, 5.74) is 30.6. The molecule has 9 heterocycles. The van der Waals surface area contributed by atoms with Gasteiger partial charge in [0.2, 0.25) is 0 Å². The Kier molecular flexibility index (Phi) is 9.84. The minimum Gasteiger partial charge on any atom is -0.464 e. The van der Waals surface area contributed by atoms with Crippen molar-refractivity contribution >= 4 is 61.0 Å². The van der Waals surface area contributed by atoms with E-state index >= 15 is 0 Å². The van der Waals surface area contributed by atoms with Gasteiger partial charge in [-0.3, -0.25) is 9.80 Å². The second kappa shape index (κ2) is 15.4. The van der Waals surface area contributed by atoms with Gasteiger partial charge in [0.15, 0.2) is 0 Å². The number of hydrogen-bond donors (Lipinski definition) is 5. The highest BCUT2D eigenvalue weighted by Crippen LogP contribution is 2.40. The lowest BCUT2D eigenvalue weighted by atomic mass is 9.85. The van der Waals surface area contributed by atoms with E-state index < -0.39 is 0 Å². The van der Waals surface area contributed by atoms with E-state index in [1.807, 2.05) is 36.6 Å². The monoisotopic (exact) mass is 762 g/mol. The highest BCUT2D eigenvalue weighted by Gasteiger charge is 2.33. The first-order valence-corrected chi connectivity index (χ1v) is 21.5. The number of nitrogens with two attached hydrogens (primary N) is 3. The van der Waals surface area contributed by atoms with E-state index in [0.717, 1.165) is 65.7 Å². The van der Waals surface area contributed by atoms with Crippen molar-refractivity contribution in [3.63, 3.8) is 0 Å². The normalized spacial score (nSPS) is 25.0. The maximum absolute atomic E-state index is 5.94. The van der Waals surface area contributed by atoms with Crippen molar-refractivity contribution in [2.24, 2.45) is 0 Å². The third-order valence-corrected chi connectivity index (χ3v) is 14.0. The molecular weight excluding hydrogens is 705 g/mol. The number of nitrogen functional groups attached to an aromatic ring is 3. The van der Waals surface area contributed by atoms with Gasteiger partial charge in [-0.05, 0) is 168 Å². The Balaban J connectivity index is 0.000000104. The van der Waals surface area contributed by atoms with Crippen LogP contribution in [0.1, 0.15) is 86.8 Å². The van der Waals surface area contributed by atoms with Crippen LogP contribution in [0.2, 0.25) is 0 Å². The average molecular weight is 763 g/mol. The van der Waals surface area contributed by atoms with Crippen molar-refractivity contribution < 1.29 is 4.42 Å². The molecular formula is C48H58N8O. The van der Waals surface area contributed by atoms with Crippen LogP contribution in [-0.4, -0.2) is 82.1 Å². The Bertz CT molecular complexity index is 2330. The number of aromatic nitrogens is 2. The molecule has 3 aromatic carbocycles. The first kappa shape index (κ1) is 36.4. The lowest BCUT2D eigenvalue weighted by Crippen LogP contribution is -2.37. The van der Waals surface area contributed by atoms with Crippen LogP contribution < -0.4 is 17.2 Å². The average Bonchev–Trinajstić information content (AvgIpc) is 4.09. The Labute approximate surface area is 335 Å². The third kappa shape index (κ3) is 7.26. The Hall–Kier alpha value is -4.96. The van der Waals surface area contributed by atoms with E-state index in [1.54, 1.807) is 0 Å². The molecule has 57 heavy (non-hydrogen) atoms. The topological polar surface area (TPSA) is 132 Å². The fraction of sp³-hybridized carbons (Fsp3) is 0.417. The van der Waals surface area contributed by atoms with Gasteiger partial charge >= 0.3 is 0 Å². The van der Waals surface area contributed by atoms with Gasteiger partial charge < -0.3 is 36.5 Å². The summed E-state index contributed by atoms with van der Waals surface area (Å²) in [7, 11) is 0. The second-order valence-corrected chi connectivity index (χ2v) is 17.5. The minimum absolute atomic E-state index is 0.704. The summed E-state index contributed by atoms with van der Waals surface area (Å²) < 4.78 is 5.66. The molecule has 0 bridgehead atoms. The quantitative estimate of drug-likeness (QED) is 0.114. The summed E-state index contributed by atoms with van der Waals surface area (Å²) in [5.74, 6) is 0.704. The van der Waals surface area contributed by atoms with Crippen molar-refractivity contribution in [1.82, 2.24) is 24.7 Å². The molecule has 0 aliphatic carbocycles. The largest absolute Gasteiger partial charge is 0.464 e. The van der Waals surface area contributed by atoms with Crippen LogP contribution in [-0.2, 0) is 0 Å². The molecule has 4 fully saturated rings. The van der Waals surface area contributed by atoms with Crippen LogP contribution in [0, 0.1) is 0 Å². The molecule has 6 aromatic rings. The minimum atomic E-state index is 0.704. The fourth-order valence-corrected chi connectivity index (χ4v) is 11.0. The standard InChI is InChI=1S/C16H21N3.C16H19N3.C16H18N2O/c2*17-12-3-4-16-14(9-12)15(10-18-16)11-5-7-19-6-1-2-13(19)8-11;17-12-3-4-16-14(9-12)15(10-19-16)11-5-7-18-6-1-2-13(18)8-11/h3-4,9-11,13,18H,1-2,5-8,17H2;3-5,9-10,13,18H,1-2,6-8,17H2;3-5,9-10,13H,1-2,6-8,17H2. The number of hydrogen-bond acceptors (Lipinski definition) is 7. The number of benzene rings is 3. The maximum Gasteiger partial charge on any atom is 0.134 e. The van der Waals surface area contributed by atoms with Crippen LogP contribution in [0.15, 0.2) is 89.8 Å². The predicted octanol–water partition coefficient (Wildman–Crippen LogP) is 9.36. The maximum atomic E-state index is 5.94. The molecule has 9 heteroatoms. The van der Waals surface area contributed by atoms with Crippen molar-refractivity contribution in [1.29, 1.82) is 0 Å². The molecule has 4 unspecified atom stereocenters. The zero-order valence-corrected chi connectivity index (χ0v) is 33.2. The predicted molar refractivity (Wildman–Crippen MR) is 237 cm³/mol. The number of nitrogens with zero attached hydrogens (tertiary/aromatic N) is 3. The number of nitrogens with one attached hydrogen (secondary N) is 2. The molecule has 9 nitrogen and oxygen atoms in total. The molecule has 6 aliphatic rings. The molecule has 296 valence electrons. The Morgan fingerprint density at radius 2 is 1.14 bits per heavy atom. The summed E-state index contributed by atoms with van der Waals surface area (Å²) in [6, 6.07) is 20.5. The third-order valence-electron chi connectivity index (χ3n) is 14.0. The molecule has 12 rings (SSSR count). The highest BCUT2D eigenvalue weighted by atomic mass is 16.3. The summed E-state index contributed by atoms with van der Waals surface area (Å²) in [6.07, 6.45) is 24.1. The van der Waals surface area contributed by atoms with Crippen LogP contribution in [0.3, 0.4) is 0 Å². The van der Waals surface area contributed by atoms with Gasteiger partial charge in [0.1, 0.15) is 5.58 Å². The van der Waals surface area contributed by atoms with Gasteiger partial charge in [0.25, 0.3) is 0 Å². The summed E-state index contributed by atoms with van der Waals surface area (Å²) >= 11 is 0. The highest BCUT2D eigenvalue weighted by molar-refractivity contribution is 5.95. The van der Waals surface area contributed by atoms with Gasteiger partial charge in [-0.1, -0.05) is 12.2 Å². The number of piperidine rings is 1. The molecule has 8 N–H and O–H groups in total. The number of H-pyrrole nitrogens is 2. The zero-order valence-electron chi connectivity index (χ0n) is 33.2. The molecule has 0 amide bonds. The van der Waals surface area contributed by atoms with E-state index in [-0.39, 0.29) is 0 Å². The smallest absolute Gasteiger partial charge is 0.134 e. The van der Waals surface area contributed by atoms with Crippen LogP contribution >= 0.6 is 0 Å². The van der Waals surface area contributed by atoms with E-state index in [2.05, 4.69) is 73.5 Å². The number of fused-ring (bicyclic) bond motifs is 6. The van der Waals surface area contributed by atoms with E-state index in [1.165, 1.54) is 134 Å². The van der Waals surface area contributed by atoms with Gasteiger partial charge in [-0.15, -0.1) is 0 Å². The van der Waals surface area contributed by atoms with Gasteiger partial charge in [0, 0.05) is 99.0 Å². The Morgan fingerprint density at radius 1 is 0.561 bits per heavy atom. The molecule has 6 aliphatic heterocycles. The molecule has 4 saturated heterocycles. The number of anilines is 3. The van der Waals surface area contributed by atoms with Crippen molar-refractivity contribution in [3.05, 3.63) is 102 Å². The molecule has 3 aromatic heterocycles. The van der Waals surface area contributed by atoms with E-state index in [9.17, 15) is 0 Å². The van der Waals surface area contributed by atoms with Crippen LogP contribution in [0.4, 0.5) is 17.1 Å². The van der Waals surface area contributed by atoms with Gasteiger partial charge in [-0.25, -0.2) is 0 Å². The molecule has 0 saturated carbocycles. The first-order valence-electron chi connectivity index (χ1n) is 21.5. The van der Waals surface area contributed by atoms with Crippen LogP contribution in [0.5, 0.6) is 0 Å². The summed E-state index contributed by atoms with van der Waals surface area (Å²) in [5, 5.41) is 3.74. The number of rotatable bonds is 3. The second-order valence-electron chi connectivity index (χ2n) is 17.5. The lowest BCUT2D eigenvalue weighted by Gasteiger charge is -2.34. The van der Waals surface area contributed by atoms with Gasteiger partial charge in [-0.2, -0.15) is 0 Å². The fourth-order valence-electron chi connectivity index (χ4n) is 11.0. The van der Waals surface area contributed by atoms with Crippen molar-refractivity contribution in [3.8, 4) is 0 Å². The molecule has 4 atom stereocenters. The van der Waals surface area contributed by atoms with Crippen molar-refractivity contribution in [2.45, 2.75) is 88.3 Å². The Morgan fingerprint density at radius 3 is 1.86 bits per heavy atom. The van der Waals surface area contributed by atoms with Crippen LogP contribution in [0.25, 0.3) is 43.9 Å². The number of aromatic amines is 2. The summed E-state index contributed by atoms with van der Waals surface area (Å²) in [4.78, 5) is 14.6. The lowest BCUT2D eigenvalue weighted by molar-refractivity contribution is 0.181. The van der Waals surface area contributed by atoms with Gasteiger partial charge in [0.05, 0.1) is 6.26 Å². The first-order chi connectivity index (χ1) is 27.9. The number of furan rings is 1. The zero-order chi connectivity index (χ0) is 38.5. The SMILES string of the molecule is Nc1ccc2[nH]cc(C3=CCN4CCCC4C3)c2c1.Nc1ccc2[nH]cc(C3CCN4CCCC4C3)c2c1.Nc1ccc2occ(C3=CCN4CCCC4C3)c2c1. The van der Waals surface area contributed by atoms with Crippen molar-refractivity contribution in [2.75, 3.05) is 56.5 Å². The summed E-state index contributed by atoms with van der Waals surface area (Å²) in [6.45, 7) is 7.30. The van der Waals surface area contributed by atoms with E-state index in [4.69, 9.17) is 21.6 Å².